The Balaban J connectivity index is 1.68. The average Bonchev–Trinajstić information content (AvgIpc) is 2.84. The number of halogens is 4. The molecule has 36 heavy (non-hydrogen) atoms. The molecule has 1 atom stereocenters. The second-order valence-electron chi connectivity index (χ2n) is 7.69. The molecule has 12 heteroatoms. The molecule has 1 aromatic heterocycles. The maximum absolute atomic E-state index is 14.7. The van der Waals surface area contributed by atoms with Gasteiger partial charge in [-0.2, -0.15) is 0 Å². The maximum Gasteiger partial charge on any atom is 0.573 e. The van der Waals surface area contributed by atoms with Crippen LogP contribution in [0.15, 0.2) is 60.8 Å². The molecule has 1 aliphatic heterocycles. The Kier molecular flexibility index (Phi) is 6.69. The van der Waals surface area contributed by atoms with Gasteiger partial charge in [-0.1, -0.05) is 6.07 Å². The third-order valence-electron chi connectivity index (χ3n) is 5.45. The number of amides is 2. The van der Waals surface area contributed by atoms with Crippen molar-refractivity contribution in [3.05, 3.63) is 83.4 Å². The zero-order chi connectivity index (χ0) is 25.9. The summed E-state index contributed by atoms with van der Waals surface area (Å²) in [5.74, 6) is -2.50. The Morgan fingerprint density at radius 1 is 1.11 bits per heavy atom. The van der Waals surface area contributed by atoms with E-state index in [0.29, 0.717) is 11.4 Å². The number of rotatable bonds is 5. The lowest BCUT2D eigenvalue weighted by Crippen LogP contribution is -2.51. The third kappa shape index (κ3) is 5.16. The summed E-state index contributed by atoms with van der Waals surface area (Å²) in [6, 6.07) is 11.3. The second kappa shape index (κ2) is 9.72. The summed E-state index contributed by atoms with van der Waals surface area (Å²) in [5.41, 5.74) is -0.448. The number of methoxy groups -OCH3 is 1. The van der Waals surface area contributed by atoms with Crippen LogP contribution < -0.4 is 20.1 Å². The summed E-state index contributed by atoms with van der Waals surface area (Å²) in [4.78, 5) is 29.0. The van der Waals surface area contributed by atoms with E-state index in [0.717, 1.165) is 12.1 Å². The van der Waals surface area contributed by atoms with Crippen molar-refractivity contribution >= 4 is 17.7 Å². The van der Waals surface area contributed by atoms with Gasteiger partial charge in [-0.05, 0) is 54.1 Å². The molecule has 0 bridgehead atoms. The summed E-state index contributed by atoms with van der Waals surface area (Å²) in [7, 11) is 1.24. The van der Waals surface area contributed by atoms with Gasteiger partial charge in [0.1, 0.15) is 17.0 Å². The highest BCUT2D eigenvalue weighted by Gasteiger charge is 2.43. The number of urea groups is 1. The van der Waals surface area contributed by atoms with Crippen LogP contribution in [0.2, 0.25) is 0 Å². The van der Waals surface area contributed by atoms with E-state index in [4.69, 9.17) is 4.74 Å². The summed E-state index contributed by atoms with van der Waals surface area (Å²) >= 11 is 0. The molecule has 2 amide bonds. The molecule has 1 unspecified atom stereocenters. The van der Waals surface area contributed by atoms with Crippen molar-refractivity contribution in [3.63, 3.8) is 0 Å². The van der Waals surface area contributed by atoms with Crippen LogP contribution in [0, 0.1) is 5.82 Å². The number of nitrogens with one attached hydrogen (secondary N) is 2. The molecule has 0 radical (unpaired) electrons. The van der Waals surface area contributed by atoms with Gasteiger partial charge in [0.25, 0.3) is 0 Å². The summed E-state index contributed by atoms with van der Waals surface area (Å²) in [6.45, 7) is 0.106. The van der Waals surface area contributed by atoms with E-state index in [1.165, 1.54) is 43.6 Å². The highest BCUT2D eigenvalue weighted by Crippen LogP contribution is 2.41. The lowest BCUT2D eigenvalue weighted by atomic mass is 9.81. The number of aromatic nitrogens is 1. The van der Waals surface area contributed by atoms with E-state index < -0.39 is 35.5 Å². The minimum atomic E-state index is -5.07. The first kappa shape index (κ1) is 24.8. The van der Waals surface area contributed by atoms with Gasteiger partial charge < -0.3 is 24.8 Å². The molecular formula is C24H19F4N3O5. The normalized spacial score (nSPS) is 16.8. The van der Waals surface area contributed by atoms with Gasteiger partial charge in [-0.25, -0.2) is 14.0 Å². The molecule has 2 N–H and O–H groups in total. The summed E-state index contributed by atoms with van der Waals surface area (Å²) in [6.07, 6.45) is -3.52. The van der Waals surface area contributed by atoms with Crippen LogP contribution in [0.25, 0.3) is 0 Å². The van der Waals surface area contributed by atoms with Crippen molar-refractivity contribution in [3.8, 4) is 11.5 Å². The number of fused-ring (bicyclic) bond motifs is 1. The molecule has 0 fully saturated rings. The summed E-state index contributed by atoms with van der Waals surface area (Å²) in [5, 5.41) is 5.40. The maximum atomic E-state index is 14.7. The molecule has 0 saturated heterocycles. The van der Waals surface area contributed by atoms with E-state index in [9.17, 15) is 27.2 Å². The molecule has 0 saturated carbocycles. The van der Waals surface area contributed by atoms with Crippen molar-refractivity contribution in [2.24, 2.45) is 0 Å². The Morgan fingerprint density at radius 3 is 2.53 bits per heavy atom. The molecule has 8 nitrogen and oxygen atoms in total. The fraction of sp³-hybridized carbons (Fsp3) is 0.208. The van der Waals surface area contributed by atoms with E-state index in [1.54, 1.807) is 12.1 Å². The van der Waals surface area contributed by atoms with Crippen molar-refractivity contribution < 1.29 is 41.4 Å². The first-order valence-corrected chi connectivity index (χ1v) is 10.5. The number of alkyl halides is 3. The number of hydrogen-bond donors (Lipinski definition) is 2. The monoisotopic (exact) mass is 505 g/mol. The van der Waals surface area contributed by atoms with E-state index in [2.05, 4.69) is 25.1 Å². The van der Waals surface area contributed by atoms with Gasteiger partial charge in [0.2, 0.25) is 0 Å². The highest BCUT2D eigenvalue weighted by molar-refractivity contribution is 5.92. The predicted octanol–water partition coefficient (Wildman–Crippen LogP) is 4.75. The number of esters is 1. The molecular weight excluding hydrogens is 486 g/mol. The largest absolute Gasteiger partial charge is 0.573 e. The number of pyridine rings is 1. The van der Waals surface area contributed by atoms with Gasteiger partial charge in [0.05, 0.1) is 19.3 Å². The fourth-order valence-electron chi connectivity index (χ4n) is 3.87. The quantitative estimate of drug-likeness (QED) is 0.384. The fourth-order valence-corrected chi connectivity index (χ4v) is 3.87. The minimum absolute atomic E-state index is 0.102. The first-order chi connectivity index (χ1) is 17.1. The predicted molar refractivity (Wildman–Crippen MR) is 118 cm³/mol. The van der Waals surface area contributed by atoms with Gasteiger partial charge in [0.15, 0.2) is 11.6 Å². The SMILES string of the molecule is COC(=O)c1ccc(NC(=O)NC2(c3ccc(OC(F)(F)F)c(F)c3)CCOc3cccnc32)cc1. The number of benzene rings is 2. The van der Waals surface area contributed by atoms with Crippen molar-refractivity contribution in [1.29, 1.82) is 0 Å². The van der Waals surface area contributed by atoms with Crippen molar-refractivity contribution in [2.45, 2.75) is 18.3 Å². The Hall–Kier alpha value is -4.35. The van der Waals surface area contributed by atoms with Crippen molar-refractivity contribution in [2.75, 3.05) is 19.0 Å². The molecule has 188 valence electrons. The molecule has 4 rings (SSSR count). The Bertz CT molecular complexity index is 1280. The van der Waals surface area contributed by atoms with Crippen LogP contribution >= 0.6 is 0 Å². The third-order valence-corrected chi connectivity index (χ3v) is 5.45. The lowest BCUT2D eigenvalue weighted by Gasteiger charge is -2.39. The van der Waals surface area contributed by atoms with E-state index >= 15 is 0 Å². The Morgan fingerprint density at radius 2 is 1.86 bits per heavy atom. The van der Waals surface area contributed by atoms with Crippen molar-refractivity contribution in [1.82, 2.24) is 10.3 Å². The van der Waals surface area contributed by atoms with Gasteiger partial charge in [0, 0.05) is 18.3 Å². The number of anilines is 1. The molecule has 2 heterocycles. The molecule has 2 aromatic carbocycles. The van der Waals surface area contributed by atoms with Crippen LogP contribution in [0.3, 0.4) is 0 Å². The van der Waals surface area contributed by atoms with E-state index in [1.807, 2.05) is 0 Å². The number of nitrogens with zero attached hydrogens (tertiary/aromatic N) is 1. The standard InChI is InChI=1S/C24H19F4N3O5/c1-34-21(32)14-4-7-16(8-5-14)30-22(33)31-23(10-12-35-19-3-2-11-29-20(19)23)15-6-9-18(17(25)13-15)36-24(26,27)28/h2-9,11,13H,10,12H2,1H3,(H2,30,31,33). The molecule has 3 aromatic rings. The first-order valence-electron chi connectivity index (χ1n) is 10.5. The zero-order valence-electron chi connectivity index (χ0n) is 18.7. The van der Waals surface area contributed by atoms with Crippen LogP contribution in [-0.4, -0.2) is 37.1 Å². The molecule has 0 aliphatic carbocycles. The van der Waals surface area contributed by atoms with Gasteiger partial charge in [-0.3, -0.25) is 4.98 Å². The van der Waals surface area contributed by atoms with Crippen LogP contribution in [0.1, 0.15) is 28.0 Å². The summed E-state index contributed by atoms with van der Waals surface area (Å²) < 4.78 is 66.5. The second-order valence-corrected chi connectivity index (χ2v) is 7.69. The lowest BCUT2D eigenvalue weighted by molar-refractivity contribution is -0.275. The zero-order valence-corrected chi connectivity index (χ0v) is 18.7. The van der Waals surface area contributed by atoms with Gasteiger partial charge >= 0.3 is 18.4 Å². The van der Waals surface area contributed by atoms with Crippen LogP contribution in [-0.2, 0) is 10.3 Å². The van der Waals surface area contributed by atoms with E-state index in [-0.39, 0.29) is 29.8 Å². The minimum Gasteiger partial charge on any atom is -0.491 e. The number of carbonyl (C=O) groups excluding carboxylic acids is 2. The highest BCUT2D eigenvalue weighted by atomic mass is 19.4. The number of hydrogen-bond acceptors (Lipinski definition) is 6. The van der Waals surface area contributed by atoms with Gasteiger partial charge in [-0.15, -0.1) is 13.2 Å². The topological polar surface area (TPSA) is 98.8 Å². The van der Waals surface area contributed by atoms with Crippen LogP contribution in [0.4, 0.5) is 28.0 Å². The number of carbonyl (C=O) groups is 2. The Labute approximate surface area is 202 Å². The molecule has 1 aliphatic rings. The molecule has 0 spiro atoms. The number of ether oxygens (including phenoxy) is 3. The smallest absolute Gasteiger partial charge is 0.491 e. The average molecular weight is 505 g/mol. The van der Waals surface area contributed by atoms with Crippen LogP contribution in [0.5, 0.6) is 11.5 Å².